The van der Waals surface area contributed by atoms with Crippen LogP contribution in [0.2, 0.25) is 0 Å². The Kier molecular flexibility index (Phi) is 6.35. The second-order valence-electron chi connectivity index (χ2n) is 8.13. The van der Waals surface area contributed by atoms with Crippen LogP contribution in [0, 0.1) is 23.4 Å². The summed E-state index contributed by atoms with van der Waals surface area (Å²) in [6.45, 7) is 5.91. The number of anilines is 1. The van der Waals surface area contributed by atoms with Gasteiger partial charge in [0, 0.05) is 43.3 Å². The van der Waals surface area contributed by atoms with E-state index in [0.717, 1.165) is 19.0 Å². The van der Waals surface area contributed by atoms with E-state index >= 15 is 0 Å². The summed E-state index contributed by atoms with van der Waals surface area (Å²) >= 11 is 0. The number of carbonyl (C=O) groups is 1. The molecule has 0 aliphatic carbocycles. The monoisotopic (exact) mass is 405 g/mol. The number of halogens is 3. The molecule has 1 saturated heterocycles. The highest BCUT2D eigenvalue weighted by Gasteiger charge is 2.26. The average molecular weight is 405 g/mol. The lowest BCUT2D eigenvalue weighted by Crippen LogP contribution is -2.44. The molecule has 156 valence electrons. The quantitative estimate of drug-likeness (QED) is 0.756. The van der Waals surface area contributed by atoms with Crippen molar-refractivity contribution in [3.05, 3.63) is 65.5 Å². The van der Waals surface area contributed by atoms with Gasteiger partial charge >= 0.3 is 6.03 Å². The van der Waals surface area contributed by atoms with Crippen molar-refractivity contribution in [1.82, 2.24) is 10.6 Å². The lowest BCUT2D eigenvalue weighted by molar-refractivity contribution is 0.236. The number of benzene rings is 2. The summed E-state index contributed by atoms with van der Waals surface area (Å²) in [6, 6.07) is 10.1. The normalized spacial score (nSPS) is 16.7. The molecule has 7 heteroatoms. The van der Waals surface area contributed by atoms with Crippen molar-refractivity contribution < 1.29 is 18.0 Å². The van der Waals surface area contributed by atoms with Crippen molar-refractivity contribution in [2.75, 3.05) is 31.1 Å². The molecule has 4 nitrogen and oxygen atoms in total. The Morgan fingerprint density at radius 1 is 1.07 bits per heavy atom. The molecule has 2 aromatic carbocycles. The van der Waals surface area contributed by atoms with Crippen molar-refractivity contribution in [3.63, 3.8) is 0 Å². The van der Waals surface area contributed by atoms with Crippen molar-refractivity contribution in [3.8, 4) is 0 Å². The molecular weight excluding hydrogens is 379 g/mol. The molecule has 3 rings (SSSR count). The molecule has 1 aliphatic heterocycles. The molecule has 1 unspecified atom stereocenters. The van der Waals surface area contributed by atoms with E-state index in [0.29, 0.717) is 30.9 Å². The Balaban J connectivity index is 1.45. The van der Waals surface area contributed by atoms with Crippen LogP contribution in [0.15, 0.2) is 42.5 Å². The number of carbonyl (C=O) groups excluding carboxylic acids is 1. The fourth-order valence-corrected chi connectivity index (χ4v) is 3.62. The predicted octanol–water partition coefficient (Wildman–Crippen LogP) is 4.21. The molecule has 0 bridgehead atoms. The first kappa shape index (κ1) is 21.0. The van der Waals surface area contributed by atoms with Crippen LogP contribution in [0.25, 0.3) is 0 Å². The average Bonchev–Trinajstić information content (AvgIpc) is 3.16. The second kappa shape index (κ2) is 8.76. The summed E-state index contributed by atoms with van der Waals surface area (Å²) in [5.41, 5.74) is 0.653. The molecule has 1 aliphatic rings. The molecular formula is C22H26F3N3O. The van der Waals surface area contributed by atoms with Crippen LogP contribution in [-0.4, -0.2) is 32.2 Å². The Labute approximate surface area is 169 Å². The van der Waals surface area contributed by atoms with Crippen molar-refractivity contribution in [2.24, 2.45) is 5.92 Å². The fourth-order valence-electron chi connectivity index (χ4n) is 3.62. The standard InChI is InChI=1S/C22H26F3N3O/c1-22(2,17-5-3-4-6-18(17)23)14-27-21(29)26-12-15-9-10-28(13-15)16-7-8-19(24)20(25)11-16/h3-8,11,15H,9-10,12-14H2,1-2H3,(H2,26,27,29). The first-order chi connectivity index (χ1) is 13.8. The highest BCUT2D eigenvalue weighted by atomic mass is 19.2. The third-order valence-electron chi connectivity index (χ3n) is 5.40. The van der Waals surface area contributed by atoms with E-state index in [2.05, 4.69) is 10.6 Å². The van der Waals surface area contributed by atoms with Gasteiger partial charge in [-0.25, -0.2) is 18.0 Å². The SMILES string of the molecule is CC(C)(CNC(=O)NCC1CCN(c2ccc(F)c(F)c2)C1)c1ccccc1F. The maximum absolute atomic E-state index is 14.0. The first-order valence-corrected chi connectivity index (χ1v) is 9.73. The topological polar surface area (TPSA) is 44.4 Å². The minimum Gasteiger partial charge on any atom is -0.371 e. The third-order valence-corrected chi connectivity index (χ3v) is 5.40. The summed E-state index contributed by atoms with van der Waals surface area (Å²) in [5.74, 6) is -1.79. The number of rotatable bonds is 6. The van der Waals surface area contributed by atoms with Crippen LogP contribution in [0.4, 0.5) is 23.7 Å². The maximum Gasteiger partial charge on any atom is 0.314 e. The van der Waals surface area contributed by atoms with Crippen LogP contribution >= 0.6 is 0 Å². The summed E-state index contributed by atoms with van der Waals surface area (Å²) in [4.78, 5) is 14.2. The minimum absolute atomic E-state index is 0.216. The molecule has 1 fully saturated rings. The first-order valence-electron chi connectivity index (χ1n) is 9.73. The smallest absolute Gasteiger partial charge is 0.314 e. The van der Waals surface area contributed by atoms with Crippen LogP contribution in [0.5, 0.6) is 0 Å². The molecule has 2 amide bonds. The van der Waals surface area contributed by atoms with Crippen molar-refractivity contribution >= 4 is 11.7 Å². The number of amides is 2. The number of nitrogens with one attached hydrogen (secondary N) is 2. The molecule has 0 spiro atoms. The van der Waals surface area contributed by atoms with Gasteiger partial charge in [-0.05, 0) is 36.1 Å². The Bertz CT molecular complexity index is 872. The Morgan fingerprint density at radius 2 is 1.83 bits per heavy atom. The molecule has 1 heterocycles. The zero-order valence-electron chi connectivity index (χ0n) is 16.6. The van der Waals surface area contributed by atoms with Gasteiger partial charge in [-0.1, -0.05) is 32.0 Å². The molecule has 0 radical (unpaired) electrons. The largest absolute Gasteiger partial charge is 0.371 e. The molecule has 0 aromatic heterocycles. The van der Waals surface area contributed by atoms with Crippen LogP contribution < -0.4 is 15.5 Å². The van der Waals surface area contributed by atoms with Gasteiger partial charge in [0.05, 0.1) is 0 Å². The van der Waals surface area contributed by atoms with Gasteiger partial charge in [0.25, 0.3) is 0 Å². The van der Waals surface area contributed by atoms with Gasteiger partial charge in [-0.15, -0.1) is 0 Å². The number of urea groups is 1. The zero-order valence-corrected chi connectivity index (χ0v) is 16.6. The Hall–Kier alpha value is -2.70. The third kappa shape index (κ3) is 5.22. The van der Waals surface area contributed by atoms with E-state index in [-0.39, 0.29) is 17.8 Å². The summed E-state index contributed by atoms with van der Waals surface area (Å²) in [5, 5.41) is 5.66. The zero-order chi connectivity index (χ0) is 21.0. The Morgan fingerprint density at radius 3 is 2.55 bits per heavy atom. The molecule has 2 aromatic rings. The summed E-state index contributed by atoms with van der Waals surface area (Å²) in [6.07, 6.45) is 0.847. The highest BCUT2D eigenvalue weighted by Crippen LogP contribution is 2.26. The van der Waals surface area contributed by atoms with Crippen molar-refractivity contribution in [1.29, 1.82) is 0 Å². The van der Waals surface area contributed by atoms with E-state index in [4.69, 9.17) is 0 Å². The maximum atomic E-state index is 14.0. The van der Waals surface area contributed by atoms with Crippen LogP contribution in [0.1, 0.15) is 25.8 Å². The van der Waals surface area contributed by atoms with E-state index in [1.54, 1.807) is 24.3 Å². The highest BCUT2D eigenvalue weighted by molar-refractivity contribution is 5.74. The van der Waals surface area contributed by atoms with Gasteiger partial charge in [0.1, 0.15) is 5.82 Å². The lowest BCUT2D eigenvalue weighted by atomic mass is 9.84. The lowest BCUT2D eigenvalue weighted by Gasteiger charge is -2.26. The molecule has 29 heavy (non-hydrogen) atoms. The van der Waals surface area contributed by atoms with Crippen LogP contribution in [0.3, 0.4) is 0 Å². The predicted molar refractivity (Wildman–Crippen MR) is 108 cm³/mol. The van der Waals surface area contributed by atoms with Crippen molar-refractivity contribution in [2.45, 2.75) is 25.7 Å². The summed E-state index contributed by atoms with van der Waals surface area (Å²) in [7, 11) is 0. The molecule has 2 N–H and O–H groups in total. The van der Waals surface area contributed by atoms with Gasteiger partial charge in [-0.2, -0.15) is 0 Å². The van der Waals surface area contributed by atoms with Crippen LogP contribution in [-0.2, 0) is 5.41 Å². The number of hydrogen-bond acceptors (Lipinski definition) is 2. The molecule has 1 atom stereocenters. The fraction of sp³-hybridized carbons (Fsp3) is 0.409. The van der Waals surface area contributed by atoms with E-state index in [9.17, 15) is 18.0 Å². The van der Waals surface area contributed by atoms with E-state index in [1.165, 1.54) is 12.1 Å². The van der Waals surface area contributed by atoms with Gasteiger partial charge in [-0.3, -0.25) is 0 Å². The minimum atomic E-state index is -0.860. The van der Waals surface area contributed by atoms with Gasteiger partial charge < -0.3 is 15.5 Å². The van der Waals surface area contributed by atoms with Gasteiger partial charge in [0.15, 0.2) is 11.6 Å². The second-order valence-corrected chi connectivity index (χ2v) is 8.13. The summed E-state index contributed by atoms with van der Waals surface area (Å²) < 4.78 is 40.5. The van der Waals surface area contributed by atoms with E-state index < -0.39 is 17.0 Å². The number of hydrogen-bond donors (Lipinski definition) is 2. The van der Waals surface area contributed by atoms with Gasteiger partial charge in [0.2, 0.25) is 0 Å². The van der Waals surface area contributed by atoms with E-state index in [1.807, 2.05) is 18.7 Å². The number of nitrogens with zero attached hydrogens (tertiary/aromatic N) is 1. The molecule has 0 saturated carbocycles.